The van der Waals surface area contributed by atoms with Gasteiger partial charge in [-0.25, -0.2) is 0 Å². The van der Waals surface area contributed by atoms with Gasteiger partial charge in [0.25, 0.3) is 5.91 Å². The van der Waals surface area contributed by atoms with Crippen molar-refractivity contribution < 1.29 is 4.79 Å². The number of likely N-dealkylation sites (tertiary alicyclic amines) is 1. The smallest absolute Gasteiger partial charge is 0.275 e. The molecule has 130 valence electrons. The number of nitrogens with one attached hydrogen (secondary N) is 2. The van der Waals surface area contributed by atoms with Crippen LogP contribution in [-0.4, -0.2) is 44.3 Å². The summed E-state index contributed by atoms with van der Waals surface area (Å²) in [6.45, 7) is 5.67. The summed E-state index contributed by atoms with van der Waals surface area (Å²) < 4.78 is 0. The first-order valence-electron chi connectivity index (χ1n) is 8.93. The van der Waals surface area contributed by atoms with Gasteiger partial charge in [-0.1, -0.05) is 18.6 Å². The normalized spacial score (nSPS) is 18.0. The zero-order valence-corrected chi connectivity index (χ0v) is 14.7. The van der Waals surface area contributed by atoms with Crippen LogP contribution in [0.1, 0.15) is 53.0 Å². The number of aromatic nitrogens is 4. The third kappa shape index (κ3) is 2.81. The average Bonchev–Trinajstić information content (AvgIpc) is 3.27. The van der Waals surface area contributed by atoms with Gasteiger partial charge >= 0.3 is 0 Å². The average molecular weight is 337 g/mol. The largest absolute Gasteiger partial charge is 0.337 e. The molecule has 0 unspecified atom stereocenters. The summed E-state index contributed by atoms with van der Waals surface area (Å²) in [6, 6.07) is 6.03. The zero-order chi connectivity index (χ0) is 17.4. The monoisotopic (exact) mass is 337 g/mol. The van der Waals surface area contributed by atoms with Crippen molar-refractivity contribution in [2.24, 2.45) is 0 Å². The molecule has 6 heteroatoms. The maximum atomic E-state index is 13.1. The minimum absolute atomic E-state index is 0.0131. The maximum Gasteiger partial charge on any atom is 0.275 e. The summed E-state index contributed by atoms with van der Waals surface area (Å²) in [5.74, 6) is 0.334. The number of fused-ring (bicyclic) bond motifs is 1. The summed E-state index contributed by atoms with van der Waals surface area (Å²) in [5.41, 5.74) is 5.00. The number of H-pyrrole nitrogens is 2. The molecule has 2 aromatic heterocycles. The topological polar surface area (TPSA) is 77.7 Å². The van der Waals surface area contributed by atoms with Crippen LogP contribution in [0.4, 0.5) is 0 Å². The molecular formula is C19H23N5O. The van der Waals surface area contributed by atoms with Gasteiger partial charge < -0.3 is 4.90 Å². The van der Waals surface area contributed by atoms with Crippen LogP contribution in [0, 0.1) is 6.92 Å². The second-order valence-electron chi connectivity index (χ2n) is 6.87. The molecule has 1 aliphatic heterocycles. The SMILES string of the molecule is CCc1cn[nH]c1[C@H]1CCCN(C(=O)c2n[nH]c3ccc(C)cc23)C1. The first kappa shape index (κ1) is 15.9. The quantitative estimate of drug-likeness (QED) is 0.770. The van der Waals surface area contributed by atoms with E-state index in [1.165, 1.54) is 11.3 Å². The minimum Gasteiger partial charge on any atom is -0.337 e. The molecule has 6 nitrogen and oxygen atoms in total. The fourth-order valence-electron chi connectivity index (χ4n) is 3.79. The van der Waals surface area contributed by atoms with E-state index in [-0.39, 0.29) is 5.91 Å². The lowest BCUT2D eigenvalue weighted by atomic mass is 9.91. The van der Waals surface area contributed by atoms with Gasteiger partial charge in [0.2, 0.25) is 0 Å². The molecule has 3 heterocycles. The molecule has 1 atom stereocenters. The molecule has 25 heavy (non-hydrogen) atoms. The summed E-state index contributed by atoms with van der Waals surface area (Å²) in [4.78, 5) is 15.0. The summed E-state index contributed by atoms with van der Waals surface area (Å²) >= 11 is 0. The third-order valence-electron chi connectivity index (χ3n) is 5.17. The molecule has 1 fully saturated rings. The van der Waals surface area contributed by atoms with Crippen molar-refractivity contribution >= 4 is 16.8 Å². The van der Waals surface area contributed by atoms with Crippen LogP contribution in [0.5, 0.6) is 0 Å². The highest BCUT2D eigenvalue weighted by Gasteiger charge is 2.29. The van der Waals surface area contributed by atoms with Crippen molar-refractivity contribution in [3.8, 4) is 0 Å². The number of aromatic amines is 2. The lowest BCUT2D eigenvalue weighted by molar-refractivity contribution is 0.0701. The molecule has 0 saturated carbocycles. The van der Waals surface area contributed by atoms with Gasteiger partial charge in [-0.05, 0) is 43.9 Å². The van der Waals surface area contributed by atoms with E-state index >= 15 is 0 Å². The van der Waals surface area contributed by atoms with E-state index in [0.29, 0.717) is 18.2 Å². The molecule has 0 aliphatic carbocycles. The predicted octanol–water partition coefficient (Wildman–Crippen LogP) is 3.18. The number of rotatable bonds is 3. The lowest BCUT2D eigenvalue weighted by Crippen LogP contribution is -2.39. The molecule has 2 N–H and O–H groups in total. The summed E-state index contributed by atoms with van der Waals surface area (Å²) in [7, 11) is 0. The van der Waals surface area contributed by atoms with Gasteiger partial charge in [0.05, 0.1) is 11.7 Å². The van der Waals surface area contributed by atoms with Crippen molar-refractivity contribution in [2.45, 2.75) is 39.0 Å². The summed E-state index contributed by atoms with van der Waals surface area (Å²) in [6.07, 6.45) is 4.94. The van der Waals surface area contributed by atoms with Crippen LogP contribution in [0.15, 0.2) is 24.4 Å². The molecular weight excluding hydrogens is 314 g/mol. The van der Waals surface area contributed by atoms with E-state index in [1.807, 2.05) is 36.2 Å². The highest BCUT2D eigenvalue weighted by atomic mass is 16.2. The number of aryl methyl sites for hydroxylation is 2. The highest BCUT2D eigenvalue weighted by Crippen LogP contribution is 2.29. The van der Waals surface area contributed by atoms with Crippen molar-refractivity contribution in [1.82, 2.24) is 25.3 Å². The van der Waals surface area contributed by atoms with Crippen LogP contribution < -0.4 is 0 Å². The van der Waals surface area contributed by atoms with Crippen molar-refractivity contribution in [3.05, 3.63) is 46.9 Å². The fourth-order valence-corrected chi connectivity index (χ4v) is 3.79. The standard InChI is InChI=1S/C19H23N5O/c1-3-13-10-20-22-17(13)14-5-4-8-24(11-14)19(25)18-15-9-12(2)6-7-16(15)21-23-18/h6-7,9-10,14H,3-5,8,11H2,1-2H3,(H,20,22)(H,21,23)/t14-/m0/s1. The Morgan fingerprint density at radius 3 is 3.08 bits per heavy atom. The Labute approximate surface area is 146 Å². The number of carbonyl (C=O) groups is 1. The van der Waals surface area contributed by atoms with E-state index in [2.05, 4.69) is 27.3 Å². The molecule has 3 aromatic rings. The number of amides is 1. The Morgan fingerprint density at radius 1 is 1.36 bits per heavy atom. The number of piperidine rings is 1. The molecule has 4 rings (SSSR count). The van der Waals surface area contributed by atoms with Crippen LogP contribution in [0.2, 0.25) is 0 Å². The predicted molar refractivity (Wildman–Crippen MR) is 96.7 cm³/mol. The summed E-state index contributed by atoms with van der Waals surface area (Å²) in [5, 5.41) is 15.5. The molecule has 0 spiro atoms. The van der Waals surface area contributed by atoms with Crippen LogP contribution in [0.25, 0.3) is 10.9 Å². The van der Waals surface area contributed by atoms with Crippen LogP contribution in [-0.2, 0) is 6.42 Å². The molecule has 1 saturated heterocycles. The van der Waals surface area contributed by atoms with Crippen molar-refractivity contribution in [2.75, 3.05) is 13.1 Å². The van der Waals surface area contributed by atoms with Gasteiger partial charge in [-0.3, -0.25) is 15.0 Å². The van der Waals surface area contributed by atoms with E-state index in [4.69, 9.17) is 0 Å². The minimum atomic E-state index is 0.0131. The fraction of sp³-hybridized carbons (Fsp3) is 0.421. The van der Waals surface area contributed by atoms with Gasteiger partial charge in [0.15, 0.2) is 5.69 Å². The number of nitrogens with zero attached hydrogens (tertiary/aromatic N) is 3. The number of benzene rings is 1. The van der Waals surface area contributed by atoms with E-state index < -0.39 is 0 Å². The Morgan fingerprint density at radius 2 is 2.24 bits per heavy atom. The number of hydrogen-bond acceptors (Lipinski definition) is 3. The lowest BCUT2D eigenvalue weighted by Gasteiger charge is -2.32. The third-order valence-corrected chi connectivity index (χ3v) is 5.17. The molecule has 1 aromatic carbocycles. The Kier molecular flexibility index (Phi) is 4.03. The second-order valence-corrected chi connectivity index (χ2v) is 6.87. The Hall–Kier alpha value is -2.63. The number of carbonyl (C=O) groups excluding carboxylic acids is 1. The second kappa shape index (κ2) is 6.35. The maximum absolute atomic E-state index is 13.1. The van der Waals surface area contributed by atoms with Gasteiger partial charge in [-0.2, -0.15) is 10.2 Å². The van der Waals surface area contributed by atoms with Gasteiger partial charge in [0.1, 0.15) is 0 Å². The van der Waals surface area contributed by atoms with Crippen LogP contribution >= 0.6 is 0 Å². The Balaban J connectivity index is 1.60. The van der Waals surface area contributed by atoms with E-state index in [9.17, 15) is 4.79 Å². The van der Waals surface area contributed by atoms with Gasteiger partial charge in [0, 0.05) is 30.1 Å². The first-order chi connectivity index (χ1) is 12.2. The first-order valence-corrected chi connectivity index (χ1v) is 8.93. The molecule has 1 amide bonds. The molecule has 0 radical (unpaired) electrons. The Bertz CT molecular complexity index is 910. The van der Waals surface area contributed by atoms with Gasteiger partial charge in [-0.15, -0.1) is 0 Å². The van der Waals surface area contributed by atoms with E-state index in [1.54, 1.807) is 0 Å². The molecule has 1 aliphatic rings. The van der Waals surface area contributed by atoms with Crippen molar-refractivity contribution in [3.63, 3.8) is 0 Å². The number of hydrogen-bond donors (Lipinski definition) is 2. The van der Waals surface area contributed by atoms with E-state index in [0.717, 1.165) is 42.3 Å². The highest BCUT2D eigenvalue weighted by molar-refractivity contribution is 6.04. The van der Waals surface area contributed by atoms with Crippen LogP contribution in [0.3, 0.4) is 0 Å². The van der Waals surface area contributed by atoms with Crippen molar-refractivity contribution in [1.29, 1.82) is 0 Å². The molecule has 0 bridgehead atoms. The zero-order valence-electron chi connectivity index (χ0n) is 14.7.